The fourth-order valence-electron chi connectivity index (χ4n) is 2.51. The van der Waals surface area contributed by atoms with E-state index in [9.17, 15) is 18.4 Å². The molecule has 1 aromatic rings. The number of anilines is 1. The molecular formula is C18H22F2N2O3S2. The molecule has 1 atom stereocenters. The minimum atomic E-state index is -1.07. The van der Waals surface area contributed by atoms with E-state index in [-0.39, 0.29) is 11.4 Å². The first kappa shape index (κ1) is 21.6. The lowest BCUT2D eigenvalue weighted by Crippen LogP contribution is -2.36. The summed E-state index contributed by atoms with van der Waals surface area (Å²) in [6.45, 7) is 5.38. The van der Waals surface area contributed by atoms with Crippen molar-refractivity contribution in [1.82, 2.24) is 4.90 Å². The van der Waals surface area contributed by atoms with E-state index >= 15 is 0 Å². The highest BCUT2D eigenvalue weighted by Crippen LogP contribution is 2.20. The van der Waals surface area contributed by atoms with Gasteiger partial charge in [0, 0.05) is 24.8 Å². The first-order chi connectivity index (χ1) is 12.8. The molecule has 5 nitrogen and oxygen atoms in total. The summed E-state index contributed by atoms with van der Waals surface area (Å²) in [4.78, 5) is 26.0. The molecule has 148 valence electrons. The minimum absolute atomic E-state index is 0.00762. The van der Waals surface area contributed by atoms with Gasteiger partial charge in [0.1, 0.15) is 4.32 Å². The van der Waals surface area contributed by atoms with Crippen molar-refractivity contribution in [3.63, 3.8) is 0 Å². The van der Waals surface area contributed by atoms with Gasteiger partial charge in [0.2, 0.25) is 0 Å². The van der Waals surface area contributed by atoms with Crippen LogP contribution in [0.1, 0.15) is 26.7 Å². The predicted molar refractivity (Wildman–Crippen MR) is 106 cm³/mol. The van der Waals surface area contributed by atoms with E-state index in [0.29, 0.717) is 10.2 Å². The number of amides is 1. The number of hydrogen-bond acceptors (Lipinski definition) is 5. The molecule has 0 radical (unpaired) electrons. The van der Waals surface area contributed by atoms with Crippen molar-refractivity contribution in [2.45, 2.75) is 32.8 Å². The third-order valence-corrected chi connectivity index (χ3v) is 5.72. The lowest BCUT2D eigenvalue weighted by atomic mass is 10.00. The molecule has 27 heavy (non-hydrogen) atoms. The normalized spacial score (nSPS) is 15.9. The maximum atomic E-state index is 13.2. The van der Waals surface area contributed by atoms with Gasteiger partial charge < -0.3 is 15.0 Å². The van der Waals surface area contributed by atoms with Crippen LogP contribution < -0.4 is 5.32 Å². The van der Waals surface area contributed by atoms with Crippen molar-refractivity contribution in [1.29, 1.82) is 0 Å². The van der Waals surface area contributed by atoms with Crippen LogP contribution in [0, 0.1) is 17.6 Å². The molecule has 1 N–H and O–H groups in total. The van der Waals surface area contributed by atoms with E-state index in [4.69, 9.17) is 17.0 Å². The lowest BCUT2D eigenvalue weighted by molar-refractivity contribution is -0.150. The van der Waals surface area contributed by atoms with Crippen LogP contribution in [-0.4, -0.2) is 46.0 Å². The standard InChI is InChI=1S/C18H22F2N2O3S2/c1-11-5-7-22(8-6-11)18(26)27-10-16(23)25-12(2)17(24)21-13-3-4-14(19)15(20)9-13/h3-4,9,11-12H,5-8,10H2,1-2H3,(H,21,24)/t12-/m1/s1. The molecule has 1 aliphatic heterocycles. The Morgan fingerprint density at radius 3 is 2.63 bits per heavy atom. The summed E-state index contributed by atoms with van der Waals surface area (Å²) < 4.78 is 31.8. The Hall–Kier alpha value is -1.74. The van der Waals surface area contributed by atoms with Gasteiger partial charge in [-0.05, 0) is 37.8 Å². The fraction of sp³-hybridized carbons (Fsp3) is 0.500. The van der Waals surface area contributed by atoms with Crippen molar-refractivity contribution >= 4 is 45.9 Å². The van der Waals surface area contributed by atoms with E-state index in [1.54, 1.807) is 0 Å². The fourth-order valence-corrected chi connectivity index (χ4v) is 3.54. The van der Waals surface area contributed by atoms with Crippen LogP contribution in [0.25, 0.3) is 0 Å². The minimum Gasteiger partial charge on any atom is -0.452 e. The zero-order chi connectivity index (χ0) is 20.0. The van der Waals surface area contributed by atoms with Crippen LogP contribution in [0.15, 0.2) is 18.2 Å². The van der Waals surface area contributed by atoms with Crippen molar-refractivity contribution in [3.8, 4) is 0 Å². The Morgan fingerprint density at radius 2 is 2.00 bits per heavy atom. The van der Waals surface area contributed by atoms with Gasteiger partial charge in [-0.25, -0.2) is 8.78 Å². The number of halogens is 2. The number of carbonyl (C=O) groups is 2. The van der Waals surface area contributed by atoms with Gasteiger partial charge in [-0.3, -0.25) is 9.59 Å². The van der Waals surface area contributed by atoms with Crippen LogP contribution in [0.3, 0.4) is 0 Å². The summed E-state index contributed by atoms with van der Waals surface area (Å²) >= 11 is 6.55. The number of benzene rings is 1. The highest BCUT2D eigenvalue weighted by Gasteiger charge is 2.21. The first-order valence-corrected chi connectivity index (χ1v) is 10.0. The quantitative estimate of drug-likeness (QED) is 0.585. The highest BCUT2D eigenvalue weighted by molar-refractivity contribution is 8.23. The Balaban J connectivity index is 1.74. The first-order valence-electron chi connectivity index (χ1n) is 8.63. The molecular weight excluding hydrogens is 394 g/mol. The van der Waals surface area contributed by atoms with Gasteiger partial charge in [0.25, 0.3) is 5.91 Å². The van der Waals surface area contributed by atoms with Crippen molar-refractivity contribution in [2.75, 3.05) is 24.2 Å². The molecule has 0 bridgehead atoms. The van der Waals surface area contributed by atoms with Gasteiger partial charge in [0.05, 0.1) is 5.75 Å². The number of rotatable bonds is 5. The summed E-state index contributed by atoms with van der Waals surface area (Å²) in [7, 11) is 0. The van der Waals surface area contributed by atoms with Gasteiger partial charge in [0.15, 0.2) is 17.7 Å². The van der Waals surface area contributed by atoms with Crippen LogP contribution in [-0.2, 0) is 14.3 Å². The topological polar surface area (TPSA) is 58.6 Å². The van der Waals surface area contributed by atoms with Crippen molar-refractivity contribution < 1.29 is 23.1 Å². The van der Waals surface area contributed by atoms with E-state index in [1.165, 1.54) is 24.8 Å². The molecule has 2 rings (SSSR count). The molecule has 0 saturated carbocycles. The van der Waals surface area contributed by atoms with Gasteiger partial charge >= 0.3 is 5.97 Å². The predicted octanol–water partition coefficient (Wildman–Crippen LogP) is 3.59. The van der Waals surface area contributed by atoms with Crippen LogP contribution >= 0.6 is 24.0 Å². The number of thiocarbonyl (C=S) groups is 1. The second kappa shape index (κ2) is 9.98. The highest BCUT2D eigenvalue weighted by atomic mass is 32.2. The Morgan fingerprint density at radius 1 is 1.33 bits per heavy atom. The molecule has 0 unspecified atom stereocenters. The van der Waals surface area contributed by atoms with Gasteiger partial charge in [-0.15, -0.1) is 0 Å². The number of thioether (sulfide) groups is 1. The van der Waals surface area contributed by atoms with E-state index in [2.05, 4.69) is 17.1 Å². The molecule has 0 spiro atoms. The molecule has 0 aliphatic carbocycles. The van der Waals surface area contributed by atoms with E-state index in [1.807, 2.05) is 0 Å². The molecule has 0 aromatic heterocycles. The van der Waals surface area contributed by atoms with E-state index in [0.717, 1.165) is 38.1 Å². The third-order valence-electron chi connectivity index (χ3n) is 4.22. The second-order valence-corrected chi connectivity index (χ2v) is 8.08. The van der Waals surface area contributed by atoms with Gasteiger partial charge in [-0.1, -0.05) is 30.9 Å². The van der Waals surface area contributed by atoms with Gasteiger partial charge in [-0.2, -0.15) is 0 Å². The number of likely N-dealkylation sites (tertiary alicyclic amines) is 1. The molecule has 1 saturated heterocycles. The number of piperidine rings is 1. The molecule has 1 aliphatic rings. The molecule has 1 aromatic carbocycles. The third kappa shape index (κ3) is 6.73. The maximum absolute atomic E-state index is 13.2. The Bertz CT molecular complexity index is 710. The maximum Gasteiger partial charge on any atom is 0.317 e. The number of ether oxygens (including phenoxy) is 1. The zero-order valence-corrected chi connectivity index (χ0v) is 16.8. The number of nitrogens with zero attached hydrogens (tertiary/aromatic N) is 1. The lowest BCUT2D eigenvalue weighted by Gasteiger charge is -2.31. The van der Waals surface area contributed by atoms with Crippen LogP contribution in [0.5, 0.6) is 0 Å². The average molecular weight is 417 g/mol. The summed E-state index contributed by atoms with van der Waals surface area (Å²) in [6.07, 6.45) is 1.08. The molecule has 1 amide bonds. The second-order valence-electron chi connectivity index (χ2n) is 6.47. The van der Waals surface area contributed by atoms with Crippen LogP contribution in [0.2, 0.25) is 0 Å². The smallest absolute Gasteiger partial charge is 0.317 e. The Kier molecular flexibility index (Phi) is 7.97. The summed E-state index contributed by atoms with van der Waals surface area (Å²) in [5, 5.41) is 2.37. The molecule has 9 heteroatoms. The zero-order valence-electron chi connectivity index (χ0n) is 15.2. The molecule has 1 fully saturated rings. The average Bonchev–Trinajstić information content (AvgIpc) is 2.63. The van der Waals surface area contributed by atoms with Crippen molar-refractivity contribution in [3.05, 3.63) is 29.8 Å². The number of esters is 1. The van der Waals surface area contributed by atoms with Crippen LogP contribution in [0.4, 0.5) is 14.5 Å². The monoisotopic (exact) mass is 416 g/mol. The summed E-state index contributed by atoms with van der Waals surface area (Å²) in [6, 6.07) is 2.98. The Labute approximate surface area is 166 Å². The molecule has 1 heterocycles. The number of hydrogen-bond donors (Lipinski definition) is 1. The SMILES string of the molecule is CC1CCN(C(=S)SCC(=O)O[C@H](C)C(=O)Nc2ccc(F)c(F)c2)CC1. The number of nitrogens with one attached hydrogen (secondary N) is 1. The largest absolute Gasteiger partial charge is 0.452 e. The van der Waals surface area contributed by atoms with Crippen molar-refractivity contribution in [2.24, 2.45) is 5.92 Å². The van der Waals surface area contributed by atoms with E-state index < -0.39 is 29.6 Å². The number of carbonyl (C=O) groups excluding carboxylic acids is 2. The summed E-state index contributed by atoms with van der Waals surface area (Å²) in [5.41, 5.74) is 0.0803. The summed E-state index contributed by atoms with van der Waals surface area (Å²) in [5.74, 6) is -2.59.